The number of amides is 2. The summed E-state index contributed by atoms with van der Waals surface area (Å²) in [6.45, 7) is 0.548. The first-order chi connectivity index (χ1) is 20.1. The lowest BCUT2D eigenvalue weighted by Gasteiger charge is -2.17. The highest BCUT2D eigenvalue weighted by Crippen LogP contribution is 2.27. The van der Waals surface area contributed by atoms with Gasteiger partial charge in [-0.2, -0.15) is 0 Å². The minimum atomic E-state index is -0.367. The number of aryl methyl sites for hydroxylation is 2. The molecule has 0 aliphatic rings. The average molecular weight is 544 g/mol. The largest absolute Gasteiger partial charge is 0.443 e. The number of carbonyl (C=O) groups excluding carboxylic acids is 2. The zero-order valence-electron chi connectivity index (χ0n) is 22.1. The quantitative estimate of drug-likeness (QED) is 0.278. The summed E-state index contributed by atoms with van der Waals surface area (Å²) in [5, 5.41) is 2.95. The molecule has 6 aromatic rings. The summed E-state index contributed by atoms with van der Waals surface area (Å²) >= 11 is 0. The molecule has 0 saturated carbocycles. The third kappa shape index (κ3) is 5.44. The molecule has 10 heteroatoms. The maximum atomic E-state index is 13.3. The van der Waals surface area contributed by atoms with Gasteiger partial charge < -0.3 is 13.9 Å². The Bertz CT molecular complexity index is 1820. The summed E-state index contributed by atoms with van der Waals surface area (Å²) in [4.78, 5) is 45.1. The number of oxazole rings is 1. The van der Waals surface area contributed by atoms with E-state index in [1.54, 1.807) is 48.7 Å². The number of anilines is 2. The number of imidazole rings is 1. The number of pyridine rings is 2. The van der Waals surface area contributed by atoms with E-state index in [0.29, 0.717) is 52.6 Å². The highest BCUT2D eigenvalue weighted by Gasteiger charge is 2.19. The first kappa shape index (κ1) is 25.6. The van der Waals surface area contributed by atoms with Gasteiger partial charge in [-0.25, -0.2) is 9.97 Å². The van der Waals surface area contributed by atoms with E-state index >= 15 is 0 Å². The van der Waals surface area contributed by atoms with Crippen molar-refractivity contribution in [2.75, 3.05) is 17.3 Å². The Hall–Kier alpha value is -5.64. The fourth-order valence-corrected chi connectivity index (χ4v) is 4.56. The molecular formula is C31H25N7O3. The second-order valence-electron chi connectivity index (χ2n) is 9.38. The fraction of sp³-hybridized carbons (Fsp3) is 0.0968. The SMILES string of the molecule is CN(C(=O)c1ccccc1)c1ccc2c(c1)nc(NC(=O)c1cncc(-c3cnco3)c1)n2CCc1cccnc1. The van der Waals surface area contributed by atoms with Crippen molar-refractivity contribution in [2.45, 2.75) is 13.0 Å². The molecule has 0 saturated heterocycles. The number of nitrogens with zero attached hydrogens (tertiary/aromatic N) is 6. The number of nitrogens with one attached hydrogen (secondary N) is 1. The average Bonchev–Trinajstić information content (AvgIpc) is 3.68. The van der Waals surface area contributed by atoms with Gasteiger partial charge in [0.25, 0.3) is 11.8 Å². The molecule has 0 unspecified atom stereocenters. The molecule has 2 aromatic carbocycles. The molecule has 0 fully saturated rings. The molecule has 0 spiro atoms. The molecule has 10 nitrogen and oxygen atoms in total. The predicted octanol–water partition coefficient (Wildman–Crippen LogP) is 5.25. The second-order valence-corrected chi connectivity index (χ2v) is 9.38. The summed E-state index contributed by atoms with van der Waals surface area (Å²) < 4.78 is 7.30. The Balaban J connectivity index is 1.33. The van der Waals surface area contributed by atoms with Gasteiger partial charge in [-0.3, -0.25) is 24.9 Å². The summed E-state index contributed by atoms with van der Waals surface area (Å²) in [7, 11) is 1.73. The van der Waals surface area contributed by atoms with Crippen LogP contribution in [0.3, 0.4) is 0 Å². The number of rotatable bonds is 8. The number of hydrogen-bond donors (Lipinski definition) is 1. The molecule has 41 heavy (non-hydrogen) atoms. The molecule has 0 radical (unpaired) electrons. The highest BCUT2D eigenvalue weighted by atomic mass is 16.3. The molecule has 0 aliphatic heterocycles. The van der Waals surface area contributed by atoms with E-state index in [-0.39, 0.29) is 11.8 Å². The lowest BCUT2D eigenvalue weighted by molar-refractivity contribution is 0.0991. The van der Waals surface area contributed by atoms with Gasteiger partial charge in [0, 0.05) is 55.2 Å². The smallest absolute Gasteiger partial charge is 0.259 e. The van der Waals surface area contributed by atoms with Crippen molar-refractivity contribution in [1.29, 1.82) is 0 Å². The van der Waals surface area contributed by atoms with Crippen molar-refractivity contribution in [2.24, 2.45) is 0 Å². The van der Waals surface area contributed by atoms with Crippen LogP contribution in [0.5, 0.6) is 0 Å². The van der Waals surface area contributed by atoms with E-state index in [0.717, 1.165) is 11.1 Å². The monoisotopic (exact) mass is 543 g/mol. The van der Waals surface area contributed by atoms with Crippen LogP contribution < -0.4 is 10.2 Å². The zero-order valence-corrected chi connectivity index (χ0v) is 22.1. The zero-order chi connectivity index (χ0) is 28.2. The van der Waals surface area contributed by atoms with Crippen LogP contribution in [-0.4, -0.2) is 43.4 Å². The molecule has 0 bridgehead atoms. The molecule has 0 atom stereocenters. The molecule has 0 aliphatic carbocycles. The Labute approximate surface area is 235 Å². The van der Waals surface area contributed by atoms with Gasteiger partial charge in [0.15, 0.2) is 12.2 Å². The van der Waals surface area contributed by atoms with Crippen molar-refractivity contribution in [3.05, 3.63) is 121 Å². The van der Waals surface area contributed by atoms with Crippen molar-refractivity contribution in [3.63, 3.8) is 0 Å². The van der Waals surface area contributed by atoms with Gasteiger partial charge in [-0.05, 0) is 54.4 Å². The van der Waals surface area contributed by atoms with E-state index in [2.05, 4.69) is 20.3 Å². The van der Waals surface area contributed by atoms with Gasteiger partial charge in [0.05, 0.1) is 22.8 Å². The maximum absolute atomic E-state index is 13.3. The van der Waals surface area contributed by atoms with Crippen LogP contribution >= 0.6 is 0 Å². The van der Waals surface area contributed by atoms with Crippen LogP contribution in [0.25, 0.3) is 22.4 Å². The van der Waals surface area contributed by atoms with Gasteiger partial charge >= 0.3 is 0 Å². The summed E-state index contributed by atoms with van der Waals surface area (Å²) in [6, 6.07) is 20.3. The van der Waals surface area contributed by atoms with Crippen molar-refractivity contribution < 1.29 is 14.0 Å². The lowest BCUT2D eigenvalue weighted by atomic mass is 10.1. The van der Waals surface area contributed by atoms with Crippen LogP contribution in [0, 0.1) is 0 Å². The van der Waals surface area contributed by atoms with Crippen LogP contribution in [0.1, 0.15) is 26.3 Å². The number of hydrogen-bond acceptors (Lipinski definition) is 7. The summed E-state index contributed by atoms with van der Waals surface area (Å²) in [5.41, 5.74) is 4.78. The first-order valence-electron chi connectivity index (χ1n) is 12.9. The molecule has 202 valence electrons. The molecular weight excluding hydrogens is 518 g/mol. The topological polar surface area (TPSA) is 119 Å². The third-order valence-corrected chi connectivity index (χ3v) is 6.73. The van der Waals surface area contributed by atoms with Crippen molar-refractivity contribution in [3.8, 4) is 11.3 Å². The van der Waals surface area contributed by atoms with E-state index in [1.807, 2.05) is 59.3 Å². The maximum Gasteiger partial charge on any atom is 0.259 e. The van der Waals surface area contributed by atoms with E-state index in [1.165, 1.54) is 12.6 Å². The van der Waals surface area contributed by atoms with Gasteiger partial charge in [-0.15, -0.1) is 0 Å². The minimum absolute atomic E-state index is 0.131. The summed E-state index contributed by atoms with van der Waals surface area (Å²) in [5.74, 6) is 0.396. The standard InChI is InChI=1S/C31H25N7O3/c1-37(30(40)22-7-3-2-4-8-22)25-9-10-27-26(15-25)35-31(38(27)13-11-21-6-5-12-32-16-21)36-29(39)24-14-23(17-33-18-24)28-19-34-20-41-28/h2-10,12,14-20H,11,13H2,1H3,(H,35,36,39). The fourth-order valence-electron chi connectivity index (χ4n) is 4.56. The Morgan fingerprint density at radius 2 is 1.78 bits per heavy atom. The Kier molecular flexibility index (Phi) is 7.02. The van der Waals surface area contributed by atoms with Gasteiger partial charge in [0.2, 0.25) is 5.95 Å². The molecule has 4 aromatic heterocycles. The van der Waals surface area contributed by atoms with Crippen LogP contribution in [-0.2, 0) is 13.0 Å². The van der Waals surface area contributed by atoms with Crippen LogP contribution in [0.4, 0.5) is 11.6 Å². The number of aromatic nitrogens is 5. The normalized spacial score (nSPS) is 11.0. The Morgan fingerprint density at radius 3 is 2.56 bits per heavy atom. The number of carbonyl (C=O) groups is 2. The van der Waals surface area contributed by atoms with Crippen LogP contribution in [0.2, 0.25) is 0 Å². The van der Waals surface area contributed by atoms with Crippen molar-refractivity contribution >= 4 is 34.5 Å². The lowest BCUT2D eigenvalue weighted by Crippen LogP contribution is -2.26. The number of fused-ring (bicyclic) bond motifs is 1. The van der Waals surface area contributed by atoms with Gasteiger partial charge in [0.1, 0.15) is 0 Å². The van der Waals surface area contributed by atoms with Crippen molar-refractivity contribution in [1.82, 2.24) is 24.5 Å². The first-order valence-corrected chi connectivity index (χ1v) is 12.9. The highest BCUT2D eigenvalue weighted by molar-refractivity contribution is 6.07. The van der Waals surface area contributed by atoms with E-state index in [9.17, 15) is 9.59 Å². The third-order valence-electron chi connectivity index (χ3n) is 6.73. The van der Waals surface area contributed by atoms with Crippen LogP contribution in [0.15, 0.2) is 109 Å². The molecule has 2 amide bonds. The molecule has 4 heterocycles. The van der Waals surface area contributed by atoms with E-state index in [4.69, 9.17) is 9.40 Å². The van der Waals surface area contributed by atoms with Gasteiger partial charge in [-0.1, -0.05) is 24.3 Å². The number of benzene rings is 2. The Morgan fingerprint density at radius 1 is 0.902 bits per heavy atom. The second kappa shape index (κ2) is 11.2. The minimum Gasteiger partial charge on any atom is -0.443 e. The predicted molar refractivity (Wildman–Crippen MR) is 155 cm³/mol. The molecule has 1 N–H and O–H groups in total. The van der Waals surface area contributed by atoms with E-state index < -0.39 is 0 Å². The molecule has 6 rings (SSSR count). The summed E-state index contributed by atoms with van der Waals surface area (Å²) in [6.07, 6.45) is 10.2.